The fourth-order valence-electron chi connectivity index (χ4n) is 2.11. The van der Waals surface area contributed by atoms with Gasteiger partial charge in [-0.3, -0.25) is 4.79 Å². The predicted molar refractivity (Wildman–Crippen MR) is 108 cm³/mol. The van der Waals surface area contributed by atoms with E-state index in [9.17, 15) is 4.79 Å². The van der Waals surface area contributed by atoms with Crippen molar-refractivity contribution >= 4 is 35.8 Å². The topological polar surface area (TPSA) is 79.1 Å². The van der Waals surface area contributed by atoms with Crippen molar-refractivity contribution in [2.24, 2.45) is 10.9 Å². The Morgan fingerprint density at radius 3 is 2.88 bits per heavy atom. The van der Waals surface area contributed by atoms with Gasteiger partial charge in [0.2, 0.25) is 5.91 Å². The summed E-state index contributed by atoms with van der Waals surface area (Å²) in [5, 5.41) is 5.97. The normalized spacial score (nSPS) is 13.9. The van der Waals surface area contributed by atoms with Crippen molar-refractivity contribution < 1.29 is 13.9 Å². The van der Waals surface area contributed by atoms with Crippen molar-refractivity contribution in [3.05, 3.63) is 24.2 Å². The van der Waals surface area contributed by atoms with Gasteiger partial charge >= 0.3 is 0 Å². The number of furan rings is 1. The lowest BCUT2D eigenvalue weighted by molar-refractivity contribution is -0.119. The lowest BCUT2D eigenvalue weighted by Gasteiger charge is -2.21. The Hall–Kier alpha value is -1.29. The van der Waals surface area contributed by atoms with Gasteiger partial charge in [-0.15, -0.1) is 24.0 Å². The largest absolute Gasteiger partial charge is 0.467 e. The maximum absolute atomic E-state index is 11.9. The average molecular weight is 464 g/mol. The fourth-order valence-corrected chi connectivity index (χ4v) is 2.11. The minimum absolute atomic E-state index is 0. The molecule has 0 aliphatic heterocycles. The molecule has 0 bridgehead atoms. The minimum atomic E-state index is -0.139. The predicted octanol–water partition coefficient (Wildman–Crippen LogP) is 1.84. The SMILES string of the molecule is CCNC(=NCC(=O)NCc1ccco1)N(C)CCOCC1CC1.I. The number of amides is 1. The van der Waals surface area contributed by atoms with E-state index in [2.05, 4.69) is 15.6 Å². The molecule has 1 amide bonds. The number of ether oxygens (including phenoxy) is 1. The van der Waals surface area contributed by atoms with Crippen molar-refractivity contribution in [2.75, 3.05) is 39.9 Å². The van der Waals surface area contributed by atoms with Gasteiger partial charge < -0.3 is 24.7 Å². The molecule has 7 nitrogen and oxygen atoms in total. The third-order valence-electron chi connectivity index (χ3n) is 3.73. The first-order valence-corrected chi connectivity index (χ1v) is 8.55. The summed E-state index contributed by atoms with van der Waals surface area (Å²) in [6.07, 6.45) is 4.18. The van der Waals surface area contributed by atoms with Crippen LogP contribution in [0.1, 0.15) is 25.5 Å². The number of halogens is 1. The zero-order chi connectivity index (χ0) is 17.2. The number of nitrogens with one attached hydrogen (secondary N) is 2. The number of hydrogen-bond acceptors (Lipinski definition) is 4. The molecule has 1 aliphatic rings. The van der Waals surface area contributed by atoms with Crippen LogP contribution in [0.15, 0.2) is 27.8 Å². The molecule has 1 fully saturated rings. The van der Waals surface area contributed by atoms with E-state index in [0.29, 0.717) is 19.1 Å². The fraction of sp³-hybridized carbons (Fsp3) is 0.647. The molecule has 1 heterocycles. The Labute approximate surface area is 166 Å². The monoisotopic (exact) mass is 464 g/mol. The molecule has 2 rings (SSSR count). The lowest BCUT2D eigenvalue weighted by atomic mass is 10.4. The average Bonchev–Trinajstić information content (AvgIpc) is 3.26. The number of guanidine groups is 1. The molecule has 0 spiro atoms. The van der Waals surface area contributed by atoms with Gasteiger partial charge in [0.15, 0.2) is 5.96 Å². The standard InChI is InChI=1S/C17H28N4O3.HI/c1-3-18-17(21(2)8-10-23-13-14-6-7-14)20-12-16(22)19-11-15-5-4-9-24-15;/h4-5,9,14H,3,6-8,10-13H2,1-2H3,(H,18,20)(H,19,22);1H. The second kappa shape index (κ2) is 12.1. The molecule has 0 aromatic carbocycles. The zero-order valence-electron chi connectivity index (χ0n) is 15.0. The minimum Gasteiger partial charge on any atom is -0.467 e. The van der Waals surface area contributed by atoms with E-state index in [1.807, 2.05) is 24.9 Å². The highest BCUT2D eigenvalue weighted by atomic mass is 127. The molecule has 1 aromatic rings. The number of aliphatic imine (C=N–C) groups is 1. The summed E-state index contributed by atoms with van der Waals surface area (Å²) < 4.78 is 10.8. The van der Waals surface area contributed by atoms with E-state index in [0.717, 1.165) is 31.4 Å². The van der Waals surface area contributed by atoms with Gasteiger partial charge in [0, 0.05) is 26.7 Å². The van der Waals surface area contributed by atoms with Gasteiger partial charge in [0.25, 0.3) is 0 Å². The van der Waals surface area contributed by atoms with E-state index in [1.54, 1.807) is 12.3 Å². The van der Waals surface area contributed by atoms with Crippen molar-refractivity contribution in [2.45, 2.75) is 26.3 Å². The molecule has 1 aromatic heterocycles. The van der Waals surface area contributed by atoms with E-state index < -0.39 is 0 Å². The Kier molecular flexibility index (Phi) is 10.6. The van der Waals surface area contributed by atoms with Crippen LogP contribution < -0.4 is 10.6 Å². The van der Waals surface area contributed by atoms with Crippen LogP contribution in [0.5, 0.6) is 0 Å². The second-order valence-electron chi connectivity index (χ2n) is 5.97. The maximum atomic E-state index is 11.9. The summed E-state index contributed by atoms with van der Waals surface area (Å²) >= 11 is 0. The van der Waals surface area contributed by atoms with Crippen molar-refractivity contribution in [1.29, 1.82) is 0 Å². The number of rotatable bonds is 10. The van der Waals surface area contributed by atoms with Gasteiger partial charge in [-0.2, -0.15) is 0 Å². The molecule has 142 valence electrons. The highest BCUT2D eigenvalue weighted by Crippen LogP contribution is 2.28. The number of hydrogen-bond donors (Lipinski definition) is 2. The summed E-state index contributed by atoms with van der Waals surface area (Å²) in [4.78, 5) is 18.2. The number of nitrogens with zero attached hydrogens (tertiary/aromatic N) is 2. The summed E-state index contributed by atoms with van der Waals surface area (Å²) in [5.74, 6) is 2.07. The van der Waals surface area contributed by atoms with E-state index in [4.69, 9.17) is 9.15 Å². The lowest BCUT2D eigenvalue weighted by Crippen LogP contribution is -2.41. The molecule has 8 heteroatoms. The summed E-state index contributed by atoms with van der Waals surface area (Å²) in [5.41, 5.74) is 0. The van der Waals surface area contributed by atoms with E-state index in [1.165, 1.54) is 12.8 Å². The summed E-state index contributed by atoms with van der Waals surface area (Å²) in [6, 6.07) is 3.62. The highest BCUT2D eigenvalue weighted by Gasteiger charge is 2.21. The smallest absolute Gasteiger partial charge is 0.242 e. The highest BCUT2D eigenvalue weighted by molar-refractivity contribution is 14.0. The van der Waals surface area contributed by atoms with Crippen LogP contribution in [0.3, 0.4) is 0 Å². The third-order valence-corrected chi connectivity index (χ3v) is 3.73. The molecule has 0 radical (unpaired) electrons. The molecular weight excluding hydrogens is 435 g/mol. The number of carbonyl (C=O) groups is 1. The number of likely N-dealkylation sites (N-methyl/N-ethyl adjacent to an activating group) is 1. The van der Waals surface area contributed by atoms with Crippen LogP contribution >= 0.6 is 24.0 Å². The van der Waals surface area contributed by atoms with Crippen LogP contribution in [0.25, 0.3) is 0 Å². The third kappa shape index (κ3) is 9.10. The molecule has 1 aliphatic carbocycles. The van der Waals surface area contributed by atoms with Gasteiger partial charge in [-0.05, 0) is 37.8 Å². The van der Waals surface area contributed by atoms with Gasteiger partial charge in [0.1, 0.15) is 12.3 Å². The van der Waals surface area contributed by atoms with Crippen molar-refractivity contribution in [3.8, 4) is 0 Å². The zero-order valence-corrected chi connectivity index (χ0v) is 17.3. The van der Waals surface area contributed by atoms with E-state index >= 15 is 0 Å². The molecule has 0 saturated heterocycles. The first-order valence-electron chi connectivity index (χ1n) is 8.55. The van der Waals surface area contributed by atoms with Crippen molar-refractivity contribution in [1.82, 2.24) is 15.5 Å². The molecule has 2 N–H and O–H groups in total. The Morgan fingerprint density at radius 1 is 1.44 bits per heavy atom. The maximum Gasteiger partial charge on any atom is 0.242 e. The molecular formula is C17H29IN4O3. The Morgan fingerprint density at radius 2 is 2.24 bits per heavy atom. The first kappa shape index (κ1) is 21.8. The van der Waals surface area contributed by atoms with E-state index in [-0.39, 0.29) is 36.4 Å². The Balaban J connectivity index is 0.00000312. The van der Waals surface area contributed by atoms with Crippen LogP contribution in [-0.4, -0.2) is 56.7 Å². The first-order chi connectivity index (χ1) is 11.7. The van der Waals surface area contributed by atoms with Crippen LogP contribution in [0, 0.1) is 5.92 Å². The molecule has 1 saturated carbocycles. The quantitative estimate of drug-likeness (QED) is 0.239. The molecule has 25 heavy (non-hydrogen) atoms. The van der Waals surface area contributed by atoms with Gasteiger partial charge in [0.05, 0.1) is 19.4 Å². The molecule has 0 atom stereocenters. The second-order valence-corrected chi connectivity index (χ2v) is 5.97. The number of carbonyl (C=O) groups excluding carboxylic acids is 1. The Bertz CT molecular complexity index is 518. The van der Waals surface area contributed by atoms with Crippen molar-refractivity contribution in [3.63, 3.8) is 0 Å². The van der Waals surface area contributed by atoms with Crippen LogP contribution in [0.2, 0.25) is 0 Å². The molecule has 0 unspecified atom stereocenters. The van der Waals surface area contributed by atoms with Crippen LogP contribution in [0.4, 0.5) is 0 Å². The van der Waals surface area contributed by atoms with Gasteiger partial charge in [-0.1, -0.05) is 0 Å². The van der Waals surface area contributed by atoms with Crippen LogP contribution in [-0.2, 0) is 16.1 Å². The summed E-state index contributed by atoms with van der Waals surface area (Å²) in [6.45, 7) is 5.48. The summed E-state index contributed by atoms with van der Waals surface area (Å²) in [7, 11) is 1.95. The van der Waals surface area contributed by atoms with Gasteiger partial charge in [-0.25, -0.2) is 4.99 Å².